The van der Waals surface area contributed by atoms with E-state index in [0.717, 1.165) is 5.56 Å². The smallest absolute Gasteiger partial charge is 0.256 e. The molecule has 0 unspecified atom stereocenters. The Morgan fingerprint density at radius 2 is 1.69 bits per heavy atom. The lowest BCUT2D eigenvalue weighted by atomic mass is 9.75. The zero-order chi connectivity index (χ0) is 24.6. The molecule has 0 fully saturated rings. The van der Waals surface area contributed by atoms with Crippen molar-refractivity contribution in [2.75, 3.05) is 6.54 Å². The van der Waals surface area contributed by atoms with Gasteiger partial charge >= 0.3 is 0 Å². The number of ketones is 1. The lowest BCUT2D eigenvalue weighted by Crippen LogP contribution is -2.54. The van der Waals surface area contributed by atoms with E-state index in [-0.39, 0.29) is 35.6 Å². The van der Waals surface area contributed by atoms with Crippen molar-refractivity contribution in [1.82, 2.24) is 10.2 Å². The van der Waals surface area contributed by atoms with Crippen molar-refractivity contribution in [2.24, 2.45) is 0 Å². The highest BCUT2D eigenvalue weighted by Gasteiger charge is 2.58. The number of aryl methyl sites for hydroxylation is 1. The highest BCUT2D eigenvalue weighted by molar-refractivity contribution is 6.31. The number of nitrogens with zero attached hydrogens (tertiary/aromatic N) is 1. The first-order chi connectivity index (χ1) is 16.7. The summed E-state index contributed by atoms with van der Waals surface area (Å²) in [6, 6.07) is 17.0. The molecule has 1 amide bonds. The Balaban J connectivity index is 1.73. The molecule has 3 aromatic carbocycles. The minimum Gasteiger partial charge on any atom is -0.508 e. The molecule has 0 aromatic heterocycles. The first-order valence-corrected chi connectivity index (χ1v) is 11.9. The molecule has 176 valence electrons. The number of benzene rings is 3. The SMILES string of the molecule is Cc1cc(O)c([C@H]2C3=C(N[C@H](C)CN4C(=O)c5ccccc5[C@]24O)c2ccccc2C3=O)cc1Cl. The molecular weight excluding hydrogens is 464 g/mol. The third-order valence-electron chi connectivity index (χ3n) is 7.32. The number of fused-ring (bicyclic) bond motifs is 5. The molecule has 7 heteroatoms. The van der Waals surface area contributed by atoms with E-state index in [0.29, 0.717) is 38.5 Å². The average molecular weight is 487 g/mol. The molecule has 6 rings (SSSR count). The van der Waals surface area contributed by atoms with Gasteiger partial charge in [-0.05, 0) is 37.6 Å². The lowest BCUT2D eigenvalue weighted by Gasteiger charge is -2.44. The number of hydrogen-bond donors (Lipinski definition) is 3. The number of phenols is 1. The van der Waals surface area contributed by atoms with E-state index in [4.69, 9.17) is 11.6 Å². The fraction of sp³-hybridized carbons (Fsp3) is 0.214. The Kier molecular flexibility index (Phi) is 4.66. The molecule has 0 radical (unpaired) electrons. The number of halogens is 1. The number of carbonyl (C=O) groups is 2. The fourth-order valence-electron chi connectivity index (χ4n) is 5.76. The van der Waals surface area contributed by atoms with Crippen molar-refractivity contribution < 1.29 is 19.8 Å². The van der Waals surface area contributed by atoms with Crippen LogP contribution >= 0.6 is 11.6 Å². The van der Waals surface area contributed by atoms with Crippen LogP contribution in [0.25, 0.3) is 5.70 Å². The van der Waals surface area contributed by atoms with Gasteiger partial charge in [0.1, 0.15) is 5.75 Å². The molecule has 2 aliphatic heterocycles. The van der Waals surface area contributed by atoms with Crippen LogP contribution in [-0.4, -0.2) is 39.4 Å². The van der Waals surface area contributed by atoms with Crippen LogP contribution in [0.2, 0.25) is 5.02 Å². The van der Waals surface area contributed by atoms with Crippen molar-refractivity contribution in [3.05, 3.63) is 105 Å². The van der Waals surface area contributed by atoms with Crippen LogP contribution in [0.15, 0.2) is 66.2 Å². The molecule has 3 N–H and O–H groups in total. The predicted octanol–water partition coefficient (Wildman–Crippen LogP) is 4.34. The number of hydrogen-bond acceptors (Lipinski definition) is 5. The fourth-order valence-corrected chi connectivity index (χ4v) is 5.93. The molecule has 0 saturated heterocycles. The first-order valence-electron chi connectivity index (χ1n) is 11.5. The molecule has 3 atom stereocenters. The van der Waals surface area contributed by atoms with Crippen molar-refractivity contribution in [3.8, 4) is 5.75 Å². The molecule has 3 aliphatic rings. The number of nitrogens with one attached hydrogen (secondary N) is 1. The minimum absolute atomic E-state index is 0.105. The van der Waals surface area contributed by atoms with Crippen LogP contribution in [0.1, 0.15) is 55.8 Å². The zero-order valence-corrected chi connectivity index (χ0v) is 19.9. The van der Waals surface area contributed by atoms with Gasteiger partial charge in [0.15, 0.2) is 11.5 Å². The Labute approximate surface area is 207 Å². The van der Waals surface area contributed by atoms with E-state index in [2.05, 4.69) is 5.32 Å². The normalized spacial score (nSPS) is 24.9. The first kappa shape index (κ1) is 21.9. The summed E-state index contributed by atoms with van der Waals surface area (Å²) in [5.74, 6) is -1.79. The quantitative estimate of drug-likeness (QED) is 0.476. The largest absolute Gasteiger partial charge is 0.508 e. The maximum atomic E-state index is 13.9. The summed E-state index contributed by atoms with van der Waals surface area (Å²) >= 11 is 6.50. The van der Waals surface area contributed by atoms with Crippen molar-refractivity contribution in [1.29, 1.82) is 0 Å². The molecule has 2 heterocycles. The summed E-state index contributed by atoms with van der Waals surface area (Å²) < 4.78 is 0. The Morgan fingerprint density at radius 1 is 1.03 bits per heavy atom. The maximum Gasteiger partial charge on any atom is 0.256 e. The van der Waals surface area contributed by atoms with Crippen molar-refractivity contribution in [2.45, 2.75) is 31.5 Å². The van der Waals surface area contributed by atoms with Gasteiger partial charge in [-0.25, -0.2) is 0 Å². The molecule has 3 aromatic rings. The van der Waals surface area contributed by atoms with Gasteiger partial charge in [0.05, 0.1) is 11.6 Å². The Hall–Kier alpha value is -3.61. The topological polar surface area (TPSA) is 89.9 Å². The second-order valence-corrected chi connectivity index (χ2v) is 9.90. The number of carbonyl (C=O) groups excluding carboxylic acids is 2. The van der Waals surface area contributed by atoms with Crippen LogP contribution in [0.3, 0.4) is 0 Å². The van der Waals surface area contributed by atoms with Crippen molar-refractivity contribution in [3.63, 3.8) is 0 Å². The van der Waals surface area contributed by atoms with Crippen LogP contribution in [0.4, 0.5) is 0 Å². The highest BCUT2D eigenvalue weighted by atomic mass is 35.5. The summed E-state index contributed by atoms with van der Waals surface area (Å²) in [6.07, 6.45) is 0. The van der Waals surface area contributed by atoms with E-state index in [1.807, 2.05) is 19.1 Å². The maximum absolute atomic E-state index is 13.9. The van der Waals surface area contributed by atoms with E-state index in [9.17, 15) is 19.8 Å². The molecule has 0 saturated carbocycles. The van der Waals surface area contributed by atoms with Crippen LogP contribution in [-0.2, 0) is 5.72 Å². The second kappa shape index (κ2) is 7.44. The van der Waals surface area contributed by atoms with Gasteiger partial charge in [0.25, 0.3) is 5.91 Å². The van der Waals surface area contributed by atoms with Gasteiger partial charge in [-0.2, -0.15) is 0 Å². The third-order valence-corrected chi connectivity index (χ3v) is 7.73. The summed E-state index contributed by atoms with van der Waals surface area (Å²) in [7, 11) is 0. The van der Waals surface area contributed by atoms with Gasteiger partial charge < -0.3 is 20.4 Å². The zero-order valence-electron chi connectivity index (χ0n) is 19.2. The standard InChI is InChI=1S/C28H23ClN2O4/c1-14-11-22(32)19(12-21(14)29)24-23-25(16-7-3-4-8-17(16)26(23)33)30-15(2)13-31-27(34)18-9-5-6-10-20(18)28(24,31)35/h3-12,15,24,30,32,35H,13H2,1-2H3/t15-,24+,28+/m1/s1. The minimum atomic E-state index is -1.92. The van der Waals surface area contributed by atoms with E-state index in [1.54, 1.807) is 49.4 Å². The van der Waals surface area contributed by atoms with Gasteiger partial charge in [0.2, 0.25) is 0 Å². The number of phenolic OH excluding ortho intramolecular Hbond substituents is 1. The van der Waals surface area contributed by atoms with Crippen LogP contribution < -0.4 is 5.32 Å². The van der Waals surface area contributed by atoms with Crippen LogP contribution in [0, 0.1) is 6.92 Å². The summed E-state index contributed by atoms with van der Waals surface area (Å²) in [6.45, 7) is 3.87. The summed E-state index contributed by atoms with van der Waals surface area (Å²) in [4.78, 5) is 28.9. The molecule has 1 aliphatic carbocycles. The highest BCUT2D eigenvalue weighted by Crippen LogP contribution is 2.55. The summed E-state index contributed by atoms with van der Waals surface area (Å²) in [5, 5.41) is 27.6. The number of rotatable bonds is 1. The van der Waals surface area contributed by atoms with Gasteiger partial charge in [-0.1, -0.05) is 54.1 Å². The third kappa shape index (κ3) is 2.87. The van der Waals surface area contributed by atoms with Crippen molar-refractivity contribution >= 4 is 29.0 Å². The van der Waals surface area contributed by atoms with Gasteiger partial charge in [0, 0.05) is 51.0 Å². The number of aliphatic hydroxyl groups is 1. The molecule has 0 spiro atoms. The molecule has 35 heavy (non-hydrogen) atoms. The van der Waals surface area contributed by atoms with E-state index >= 15 is 0 Å². The Morgan fingerprint density at radius 3 is 2.43 bits per heavy atom. The Bertz CT molecular complexity index is 1480. The number of amides is 1. The average Bonchev–Trinajstić information content (AvgIpc) is 3.21. The number of aromatic hydroxyl groups is 1. The molecular formula is C28H23ClN2O4. The van der Waals surface area contributed by atoms with Gasteiger partial charge in [-0.3, -0.25) is 9.59 Å². The number of Topliss-reactive ketones (excluding diaryl/α,β-unsaturated/α-hetero) is 1. The summed E-state index contributed by atoms with van der Waals surface area (Å²) in [5.41, 5.74) is 1.93. The predicted molar refractivity (Wildman–Crippen MR) is 132 cm³/mol. The van der Waals surface area contributed by atoms with Crippen LogP contribution in [0.5, 0.6) is 5.75 Å². The second-order valence-electron chi connectivity index (χ2n) is 9.49. The monoisotopic (exact) mass is 486 g/mol. The van der Waals surface area contributed by atoms with E-state index < -0.39 is 11.6 Å². The lowest BCUT2D eigenvalue weighted by molar-refractivity contribution is -0.100. The molecule has 0 bridgehead atoms. The van der Waals surface area contributed by atoms with Gasteiger partial charge in [-0.15, -0.1) is 0 Å². The van der Waals surface area contributed by atoms with E-state index in [1.165, 1.54) is 11.0 Å². The molecule has 6 nitrogen and oxygen atoms in total.